The lowest BCUT2D eigenvalue weighted by atomic mass is 9.81. The van der Waals surface area contributed by atoms with E-state index in [0.29, 0.717) is 5.92 Å². The molecule has 0 spiro atoms. The van der Waals surface area contributed by atoms with Gasteiger partial charge in [-0.05, 0) is 81.7 Å². The Balaban J connectivity index is 2.30. The first-order chi connectivity index (χ1) is 13.4. The summed E-state index contributed by atoms with van der Waals surface area (Å²) < 4.78 is 0. The third kappa shape index (κ3) is 5.09. The van der Waals surface area contributed by atoms with Gasteiger partial charge in [-0.3, -0.25) is 4.99 Å². The van der Waals surface area contributed by atoms with E-state index in [0.717, 1.165) is 28.6 Å². The van der Waals surface area contributed by atoms with Crippen molar-refractivity contribution in [3.8, 4) is 0 Å². The van der Waals surface area contributed by atoms with Gasteiger partial charge in [0.15, 0.2) is 0 Å². The lowest BCUT2D eigenvalue weighted by Crippen LogP contribution is -2.30. The number of aliphatic imine (C=N–C) groups is 2. The second kappa shape index (κ2) is 10.2. The number of benzene rings is 1. The van der Waals surface area contributed by atoms with Crippen LogP contribution in [0.1, 0.15) is 70.5 Å². The maximum absolute atomic E-state index is 4.51. The molecule has 0 amide bonds. The van der Waals surface area contributed by atoms with Crippen LogP contribution in [-0.4, -0.2) is 18.3 Å². The standard InChI is InChI=1S/C25H35N3/c1-8-25(27-7)28(20(4)23-11-9-18(2)10-12-23)21(5)24-15-13-22(14-16-24)19(3)17-26-6/h8,13-18,21,23H,4,6-7,9-12H2,1-3,5H3/b19-17+,25-8+. The Kier molecular flexibility index (Phi) is 7.98. The molecule has 1 aromatic rings. The van der Waals surface area contributed by atoms with Gasteiger partial charge < -0.3 is 4.90 Å². The van der Waals surface area contributed by atoms with E-state index < -0.39 is 0 Å². The summed E-state index contributed by atoms with van der Waals surface area (Å²) in [7, 11) is 0. The first kappa shape index (κ1) is 21.9. The molecule has 150 valence electrons. The molecule has 0 bridgehead atoms. The molecule has 0 saturated heterocycles. The Morgan fingerprint density at radius 3 is 2.25 bits per heavy atom. The molecular weight excluding hydrogens is 342 g/mol. The summed E-state index contributed by atoms with van der Waals surface area (Å²) >= 11 is 0. The Bertz CT molecular complexity index is 747. The summed E-state index contributed by atoms with van der Waals surface area (Å²) in [5, 5.41) is 0. The second-order valence-electron chi connectivity index (χ2n) is 7.92. The maximum atomic E-state index is 4.51. The van der Waals surface area contributed by atoms with Gasteiger partial charge in [-0.2, -0.15) is 0 Å². The van der Waals surface area contributed by atoms with Gasteiger partial charge in [0.05, 0.1) is 6.04 Å². The SMILES string of the molecule is C=N/C=C(\C)c1ccc(C(C)N(C(=C)C2CCC(C)CC2)/C(=C/C)N=C)cc1. The lowest BCUT2D eigenvalue weighted by molar-refractivity contribution is 0.241. The quantitative estimate of drug-likeness (QED) is 0.448. The maximum Gasteiger partial charge on any atom is 0.128 e. The molecule has 0 aliphatic heterocycles. The largest absolute Gasteiger partial charge is 0.324 e. The number of allylic oxidation sites excluding steroid dienone is 3. The van der Waals surface area contributed by atoms with Crippen LogP contribution in [-0.2, 0) is 0 Å². The highest BCUT2D eigenvalue weighted by atomic mass is 15.2. The van der Waals surface area contributed by atoms with Crippen LogP contribution in [0.15, 0.2) is 64.6 Å². The number of hydrogen-bond donors (Lipinski definition) is 0. The molecule has 3 heteroatoms. The summed E-state index contributed by atoms with van der Waals surface area (Å²) in [5.41, 5.74) is 4.66. The number of nitrogens with zero attached hydrogens (tertiary/aromatic N) is 3. The van der Waals surface area contributed by atoms with E-state index in [4.69, 9.17) is 0 Å². The van der Waals surface area contributed by atoms with Crippen molar-refractivity contribution in [1.82, 2.24) is 4.90 Å². The molecule has 3 nitrogen and oxygen atoms in total. The van der Waals surface area contributed by atoms with E-state index in [2.05, 4.69) is 73.0 Å². The zero-order valence-corrected chi connectivity index (χ0v) is 18.0. The highest BCUT2D eigenvalue weighted by Gasteiger charge is 2.28. The van der Waals surface area contributed by atoms with Crippen molar-refractivity contribution < 1.29 is 0 Å². The molecule has 0 heterocycles. The Morgan fingerprint density at radius 1 is 1.14 bits per heavy atom. The normalized spacial score (nSPS) is 21.7. The summed E-state index contributed by atoms with van der Waals surface area (Å²) in [6.07, 6.45) is 8.77. The van der Waals surface area contributed by atoms with Crippen molar-refractivity contribution in [2.75, 3.05) is 0 Å². The van der Waals surface area contributed by atoms with Crippen molar-refractivity contribution in [1.29, 1.82) is 0 Å². The fraction of sp³-hybridized carbons (Fsp3) is 0.440. The Morgan fingerprint density at radius 2 is 1.75 bits per heavy atom. The van der Waals surface area contributed by atoms with E-state index in [1.165, 1.54) is 31.2 Å². The number of hydrogen-bond acceptors (Lipinski definition) is 3. The van der Waals surface area contributed by atoms with Crippen LogP contribution in [0.4, 0.5) is 0 Å². The van der Waals surface area contributed by atoms with E-state index >= 15 is 0 Å². The minimum atomic E-state index is 0.138. The van der Waals surface area contributed by atoms with Gasteiger partial charge in [0.1, 0.15) is 5.82 Å². The molecule has 1 aliphatic carbocycles. The molecule has 1 unspecified atom stereocenters. The van der Waals surface area contributed by atoms with Crippen LogP contribution in [0.5, 0.6) is 0 Å². The van der Waals surface area contributed by atoms with E-state index in [9.17, 15) is 0 Å². The van der Waals surface area contributed by atoms with Crippen LogP contribution in [0.25, 0.3) is 5.57 Å². The summed E-state index contributed by atoms with van der Waals surface area (Å²) in [6, 6.07) is 8.78. The Hall–Kier alpha value is -2.42. The molecule has 1 saturated carbocycles. The van der Waals surface area contributed by atoms with Gasteiger partial charge in [0.2, 0.25) is 0 Å². The molecule has 0 N–H and O–H groups in total. The van der Waals surface area contributed by atoms with Crippen molar-refractivity contribution in [2.45, 2.75) is 59.4 Å². The van der Waals surface area contributed by atoms with Crippen molar-refractivity contribution in [2.24, 2.45) is 21.8 Å². The predicted molar refractivity (Wildman–Crippen MR) is 123 cm³/mol. The highest BCUT2D eigenvalue weighted by Crippen LogP contribution is 2.39. The summed E-state index contributed by atoms with van der Waals surface area (Å²) in [5.74, 6) is 2.22. The molecule has 1 aromatic carbocycles. The molecular formula is C25H35N3. The number of rotatable bonds is 8. The van der Waals surface area contributed by atoms with Gasteiger partial charge in [-0.25, -0.2) is 4.99 Å². The molecule has 1 fully saturated rings. The van der Waals surface area contributed by atoms with E-state index in [-0.39, 0.29) is 6.04 Å². The van der Waals surface area contributed by atoms with Crippen LogP contribution < -0.4 is 0 Å². The van der Waals surface area contributed by atoms with Crippen molar-refractivity contribution >= 4 is 19.0 Å². The fourth-order valence-corrected chi connectivity index (χ4v) is 4.08. The third-order valence-corrected chi connectivity index (χ3v) is 5.98. The first-order valence-corrected chi connectivity index (χ1v) is 10.3. The van der Waals surface area contributed by atoms with Crippen LogP contribution >= 0.6 is 0 Å². The van der Waals surface area contributed by atoms with Gasteiger partial charge in [0, 0.05) is 11.9 Å². The molecule has 1 atom stereocenters. The summed E-state index contributed by atoms with van der Waals surface area (Å²) in [6.45, 7) is 20.5. The lowest BCUT2D eigenvalue weighted by Gasteiger charge is -2.38. The molecule has 28 heavy (non-hydrogen) atoms. The second-order valence-corrected chi connectivity index (χ2v) is 7.92. The third-order valence-electron chi connectivity index (χ3n) is 5.98. The Labute approximate surface area is 171 Å². The zero-order chi connectivity index (χ0) is 20.7. The zero-order valence-electron chi connectivity index (χ0n) is 18.0. The van der Waals surface area contributed by atoms with Crippen LogP contribution in [0, 0.1) is 11.8 Å². The van der Waals surface area contributed by atoms with Crippen molar-refractivity contribution in [3.63, 3.8) is 0 Å². The van der Waals surface area contributed by atoms with Crippen LogP contribution in [0.3, 0.4) is 0 Å². The van der Waals surface area contributed by atoms with Gasteiger partial charge in [-0.1, -0.05) is 50.6 Å². The first-order valence-electron chi connectivity index (χ1n) is 10.3. The molecule has 0 radical (unpaired) electrons. The average Bonchev–Trinajstić information content (AvgIpc) is 2.72. The average molecular weight is 378 g/mol. The summed E-state index contributed by atoms with van der Waals surface area (Å²) in [4.78, 5) is 10.4. The minimum absolute atomic E-state index is 0.138. The van der Waals surface area contributed by atoms with Gasteiger partial charge in [0.25, 0.3) is 0 Å². The molecule has 1 aliphatic rings. The van der Waals surface area contributed by atoms with Crippen LogP contribution in [0.2, 0.25) is 0 Å². The predicted octanol–water partition coefficient (Wildman–Crippen LogP) is 7.01. The smallest absolute Gasteiger partial charge is 0.128 e. The molecule has 2 rings (SSSR count). The van der Waals surface area contributed by atoms with Crippen molar-refractivity contribution in [3.05, 3.63) is 65.8 Å². The van der Waals surface area contributed by atoms with Gasteiger partial charge in [-0.15, -0.1) is 0 Å². The van der Waals surface area contributed by atoms with E-state index in [1.54, 1.807) is 6.20 Å². The minimum Gasteiger partial charge on any atom is -0.324 e. The topological polar surface area (TPSA) is 28.0 Å². The molecule has 0 aromatic heterocycles. The monoisotopic (exact) mass is 377 g/mol. The van der Waals surface area contributed by atoms with Gasteiger partial charge >= 0.3 is 0 Å². The fourth-order valence-electron chi connectivity index (χ4n) is 4.08. The van der Waals surface area contributed by atoms with E-state index in [1.807, 2.05) is 19.9 Å². The highest BCUT2D eigenvalue weighted by molar-refractivity contribution is 5.64.